The van der Waals surface area contributed by atoms with Crippen molar-refractivity contribution >= 4 is 33.3 Å². The van der Waals surface area contributed by atoms with Gasteiger partial charge in [0.25, 0.3) is 0 Å². The Morgan fingerprint density at radius 1 is 1.28 bits per heavy atom. The Balaban J connectivity index is 2.21. The van der Waals surface area contributed by atoms with Crippen LogP contribution in [-0.4, -0.2) is 12.0 Å². The van der Waals surface area contributed by atoms with Crippen LogP contribution in [-0.2, 0) is 12.4 Å². The fraction of sp³-hybridized carbons (Fsp3) is 0.214. The van der Waals surface area contributed by atoms with Crippen molar-refractivity contribution in [2.45, 2.75) is 12.4 Å². The molecular weight excluding hydrogens is 312 g/mol. The van der Waals surface area contributed by atoms with Crippen molar-refractivity contribution in [3.63, 3.8) is 0 Å². The van der Waals surface area contributed by atoms with Gasteiger partial charge in [0.2, 0.25) is 0 Å². The highest BCUT2D eigenvalue weighted by Crippen LogP contribution is 2.23. The number of nitrogens with zero attached hydrogens (tertiary/aromatic N) is 2. The second kappa shape index (κ2) is 6.21. The van der Waals surface area contributed by atoms with Crippen molar-refractivity contribution in [2.75, 3.05) is 11.9 Å². The van der Waals surface area contributed by atoms with E-state index in [1.807, 2.05) is 31.3 Å². The lowest BCUT2D eigenvalue weighted by atomic mass is 10.2. The van der Waals surface area contributed by atoms with E-state index in [4.69, 9.17) is 11.6 Å². The lowest BCUT2D eigenvalue weighted by Gasteiger charge is -2.20. The van der Waals surface area contributed by atoms with Crippen LogP contribution in [0.15, 0.2) is 47.1 Å². The number of pyridine rings is 1. The maximum absolute atomic E-state index is 5.96. The number of halogens is 2. The van der Waals surface area contributed by atoms with Gasteiger partial charge in [-0.2, -0.15) is 0 Å². The summed E-state index contributed by atoms with van der Waals surface area (Å²) in [5.74, 6) is 1.39. The molecule has 0 spiro atoms. The Morgan fingerprint density at radius 3 is 2.67 bits per heavy atom. The first kappa shape index (κ1) is 13.4. The smallest absolute Gasteiger partial charge is 0.133 e. The standard InChI is InChI=1S/C14H14BrClN2/c1-18(10-11-5-3-2-4-6-11)14-12(8-16)7-13(15)9-17-14/h2-7,9H,8,10H2,1H3. The first-order valence-electron chi connectivity index (χ1n) is 5.66. The van der Waals surface area contributed by atoms with Crippen LogP contribution in [0.2, 0.25) is 0 Å². The number of hydrogen-bond acceptors (Lipinski definition) is 2. The van der Waals surface area contributed by atoms with E-state index in [1.165, 1.54) is 5.56 Å². The molecule has 2 nitrogen and oxygen atoms in total. The van der Waals surface area contributed by atoms with E-state index in [0.717, 1.165) is 22.4 Å². The second-order valence-corrected chi connectivity index (χ2v) is 5.29. The van der Waals surface area contributed by atoms with Crippen LogP contribution in [0.25, 0.3) is 0 Å². The molecule has 1 aromatic heterocycles. The third-order valence-electron chi connectivity index (χ3n) is 2.68. The Bertz CT molecular complexity index is 516. The molecule has 0 aliphatic rings. The topological polar surface area (TPSA) is 16.1 Å². The SMILES string of the molecule is CN(Cc1ccccc1)c1ncc(Br)cc1CCl. The summed E-state index contributed by atoms with van der Waals surface area (Å²) in [5, 5.41) is 0. The molecule has 0 fully saturated rings. The molecule has 94 valence electrons. The van der Waals surface area contributed by atoms with Gasteiger partial charge in [0.15, 0.2) is 0 Å². The minimum Gasteiger partial charge on any atom is -0.355 e. The Morgan fingerprint density at radius 2 is 2.00 bits per heavy atom. The molecule has 0 aliphatic carbocycles. The van der Waals surface area contributed by atoms with Gasteiger partial charge in [0.1, 0.15) is 5.82 Å². The molecule has 0 amide bonds. The fourth-order valence-corrected chi connectivity index (χ4v) is 2.42. The molecule has 2 rings (SSSR count). The normalized spacial score (nSPS) is 10.4. The van der Waals surface area contributed by atoms with Gasteiger partial charge in [-0.15, -0.1) is 11.6 Å². The molecule has 0 unspecified atom stereocenters. The molecule has 0 radical (unpaired) electrons. The van der Waals surface area contributed by atoms with Crippen LogP contribution in [0.1, 0.15) is 11.1 Å². The lowest BCUT2D eigenvalue weighted by Crippen LogP contribution is -2.19. The molecule has 18 heavy (non-hydrogen) atoms. The lowest BCUT2D eigenvalue weighted by molar-refractivity contribution is 0.888. The predicted molar refractivity (Wildman–Crippen MR) is 80.0 cm³/mol. The maximum Gasteiger partial charge on any atom is 0.133 e. The van der Waals surface area contributed by atoms with Gasteiger partial charge in [-0.05, 0) is 27.6 Å². The summed E-state index contributed by atoms with van der Waals surface area (Å²) >= 11 is 9.38. The van der Waals surface area contributed by atoms with E-state index < -0.39 is 0 Å². The van der Waals surface area contributed by atoms with E-state index in [0.29, 0.717) is 5.88 Å². The minimum absolute atomic E-state index is 0.459. The number of rotatable bonds is 4. The summed E-state index contributed by atoms with van der Waals surface area (Å²) < 4.78 is 0.954. The molecule has 0 N–H and O–H groups in total. The molecule has 0 aliphatic heterocycles. The van der Waals surface area contributed by atoms with Crippen LogP contribution in [0.5, 0.6) is 0 Å². The highest BCUT2D eigenvalue weighted by atomic mass is 79.9. The zero-order valence-corrected chi connectivity index (χ0v) is 12.4. The Kier molecular flexibility index (Phi) is 4.61. The van der Waals surface area contributed by atoms with Crippen molar-refractivity contribution in [3.8, 4) is 0 Å². The molecule has 0 saturated carbocycles. The highest BCUT2D eigenvalue weighted by molar-refractivity contribution is 9.10. The van der Waals surface area contributed by atoms with Crippen molar-refractivity contribution < 1.29 is 0 Å². The first-order chi connectivity index (χ1) is 8.70. The highest BCUT2D eigenvalue weighted by Gasteiger charge is 2.09. The summed E-state index contributed by atoms with van der Waals surface area (Å²) in [5.41, 5.74) is 2.29. The average Bonchev–Trinajstić information content (AvgIpc) is 2.39. The summed E-state index contributed by atoms with van der Waals surface area (Å²) in [4.78, 5) is 6.55. The van der Waals surface area contributed by atoms with E-state index in [9.17, 15) is 0 Å². The summed E-state index contributed by atoms with van der Waals surface area (Å²) in [6.07, 6.45) is 1.80. The predicted octanol–water partition coefficient (Wildman–Crippen LogP) is 4.22. The molecular formula is C14H14BrClN2. The Labute approximate surface area is 121 Å². The molecule has 0 bridgehead atoms. The monoisotopic (exact) mass is 324 g/mol. The second-order valence-electron chi connectivity index (χ2n) is 4.11. The van der Waals surface area contributed by atoms with Crippen molar-refractivity contribution in [3.05, 3.63) is 58.2 Å². The van der Waals surface area contributed by atoms with Gasteiger partial charge in [-0.3, -0.25) is 0 Å². The van der Waals surface area contributed by atoms with Crippen LogP contribution in [0, 0.1) is 0 Å². The van der Waals surface area contributed by atoms with E-state index in [2.05, 4.69) is 37.9 Å². The van der Waals surface area contributed by atoms with Crippen LogP contribution < -0.4 is 4.90 Å². The van der Waals surface area contributed by atoms with E-state index in [-0.39, 0.29) is 0 Å². The summed E-state index contributed by atoms with van der Waals surface area (Å²) in [7, 11) is 2.03. The quantitative estimate of drug-likeness (QED) is 0.782. The number of anilines is 1. The summed E-state index contributed by atoms with van der Waals surface area (Å²) in [6, 6.07) is 12.3. The molecule has 1 aromatic carbocycles. The van der Waals surface area contributed by atoms with Crippen molar-refractivity contribution in [1.29, 1.82) is 0 Å². The van der Waals surface area contributed by atoms with Crippen molar-refractivity contribution in [1.82, 2.24) is 4.98 Å². The van der Waals surface area contributed by atoms with Crippen LogP contribution in [0.4, 0.5) is 5.82 Å². The van der Waals surface area contributed by atoms with Gasteiger partial charge < -0.3 is 4.90 Å². The number of hydrogen-bond donors (Lipinski definition) is 0. The Hall–Kier alpha value is -1.06. The molecule has 4 heteroatoms. The van der Waals surface area contributed by atoms with Gasteiger partial charge >= 0.3 is 0 Å². The zero-order valence-electron chi connectivity index (χ0n) is 10.1. The number of aromatic nitrogens is 1. The number of benzene rings is 1. The molecule has 0 saturated heterocycles. The molecule has 1 heterocycles. The van der Waals surface area contributed by atoms with Gasteiger partial charge in [-0.1, -0.05) is 30.3 Å². The van der Waals surface area contributed by atoms with Crippen LogP contribution >= 0.6 is 27.5 Å². The third-order valence-corrected chi connectivity index (χ3v) is 3.40. The minimum atomic E-state index is 0.459. The number of alkyl halides is 1. The third kappa shape index (κ3) is 3.24. The first-order valence-corrected chi connectivity index (χ1v) is 6.99. The van der Waals surface area contributed by atoms with Gasteiger partial charge in [0, 0.05) is 29.8 Å². The van der Waals surface area contributed by atoms with Gasteiger partial charge in [-0.25, -0.2) is 4.98 Å². The van der Waals surface area contributed by atoms with Gasteiger partial charge in [0.05, 0.1) is 5.88 Å². The van der Waals surface area contributed by atoms with E-state index >= 15 is 0 Å². The average molecular weight is 326 g/mol. The fourth-order valence-electron chi connectivity index (χ4n) is 1.85. The largest absolute Gasteiger partial charge is 0.355 e. The van der Waals surface area contributed by atoms with Crippen LogP contribution in [0.3, 0.4) is 0 Å². The zero-order chi connectivity index (χ0) is 13.0. The molecule has 0 atom stereocenters. The van der Waals surface area contributed by atoms with Crippen molar-refractivity contribution in [2.24, 2.45) is 0 Å². The molecule has 2 aromatic rings. The maximum atomic E-state index is 5.96. The van der Waals surface area contributed by atoms with E-state index in [1.54, 1.807) is 6.20 Å². The summed E-state index contributed by atoms with van der Waals surface area (Å²) in [6.45, 7) is 0.819.